The minimum atomic E-state index is -0.387. The van der Waals surface area contributed by atoms with Gasteiger partial charge in [0.2, 0.25) is 0 Å². The molecule has 0 aliphatic carbocycles. The number of aryl methyl sites for hydroxylation is 2. The van der Waals surface area contributed by atoms with Crippen LogP contribution >= 0.6 is 0 Å². The number of anilines is 1. The smallest absolute Gasteiger partial charge is 0.266 e. The minimum absolute atomic E-state index is 0.0969. The zero-order valence-electron chi connectivity index (χ0n) is 14.2. The van der Waals surface area contributed by atoms with Gasteiger partial charge in [0.25, 0.3) is 5.91 Å². The molecular formula is C19H21N3O. The Morgan fingerprint density at radius 3 is 2.52 bits per heavy atom. The van der Waals surface area contributed by atoms with Crippen LogP contribution in [0.2, 0.25) is 0 Å². The largest absolute Gasteiger partial charge is 0.352 e. The number of hydrogen-bond acceptors (Lipinski definition) is 2. The molecule has 1 amide bonds. The molecule has 2 aromatic rings. The second-order valence-corrected chi connectivity index (χ2v) is 5.76. The second kappa shape index (κ2) is 6.53. The van der Waals surface area contributed by atoms with Gasteiger partial charge < -0.3 is 9.88 Å². The standard InChI is InChI=1S/C19H21N3O/c1-12-7-6-8-18(14(12)3)21-19(23)17(11-20)10-16-9-13(2)22(5)15(16)4/h6-10H,1-5H3,(H,21,23)/b17-10-. The fourth-order valence-corrected chi connectivity index (χ4v) is 2.41. The Hall–Kier alpha value is -2.80. The van der Waals surface area contributed by atoms with Crippen molar-refractivity contribution in [2.75, 3.05) is 5.32 Å². The van der Waals surface area contributed by atoms with E-state index in [1.165, 1.54) is 0 Å². The molecule has 0 saturated heterocycles. The first-order chi connectivity index (χ1) is 10.8. The number of aromatic nitrogens is 1. The fourth-order valence-electron chi connectivity index (χ4n) is 2.41. The number of nitriles is 1. The molecule has 0 unspecified atom stereocenters. The molecule has 1 aromatic carbocycles. The Balaban J connectivity index is 2.32. The number of carbonyl (C=O) groups excluding carboxylic acids is 1. The van der Waals surface area contributed by atoms with Gasteiger partial charge in [0.1, 0.15) is 11.6 Å². The first-order valence-corrected chi connectivity index (χ1v) is 7.47. The van der Waals surface area contributed by atoms with Crippen molar-refractivity contribution in [3.63, 3.8) is 0 Å². The predicted octanol–water partition coefficient (Wildman–Crippen LogP) is 3.80. The molecule has 1 aromatic heterocycles. The third-order valence-electron chi connectivity index (χ3n) is 4.33. The lowest BCUT2D eigenvalue weighted by molar-refractivity contribution is -0.112. The van der Waals surface area contributed by atoms with Crippen LogP contribution < -0.4 is 5.32 Å². The van der Waals surface area contributed by atoms with Crippen molar-refractivity contribution in [3.8, 4) is 6.07 Å². The summed E-state index contributed by atoms with van der Waals surface area (Å²) in [6.45, 7) is 7.90. The highest BCUT2D eigenvalue weighted by Gasteiger charge is 2.13. The van der Waals surface area contributed by atoms with Gasteiger partial charge in [-0.15, -0.1) is 0 Å². The van der Waals surface area contributed by atoms with Crippen molar-refractivity contribution in [3.05, 3.63) is 57.9 Å². The van der Waals surface area contributed by atoms with Gasteiger partial charge in [-0.05, 0) is 62.6 Å². The summed E-state index contributed by atoms with van der Waals surface area (Å²) in [6.07, 6.45) is 1.64. The first-order valence-electron chi connectivity index (χ1n) is 7.47. The van der Waals surface area contributed by atoms with Crippen LogP contribution in [0.1, 0.15) is 28.1 Å². The van der Waals surface area contributed by atoms with Gasteiger partial charge >= 0.3 is 0 Å². The Kier molecular flexibility index (Phi) is 4.71. The molecule has 0 spiro atoms. The number of nitrogens with one attached hydrogen (secondary N) is 1. The summed E-state index contributed by atoms with van der Waals surface area (Å²) >= 11 is 0. The Morgan fingerprint density at radius 2 is 1.96 bits per heavy atom. The monoisotopic (exact) mass is 307 g/mol. The van der Waals surface area contributed by atoms with Gasteiger partial charge in [-0.2, -0.15) is 5.26 Å². The van der Waals surface area contributed by atoms with Gasteiger partial charge in [0.15, 0.2) is 0 Å². The van der Waals surface area contributed by atoms with Gasteiger partial charge in [-0.25, -0.2) is 0 Å². The Labute approximate surface area is 137 Å². The molecule has 0 aliphatic rings. The summed E-state index contributed by atoms with van der Waals surface area (Å²) in [5, 5.41) is 12.2. The highest BCUT2D eigenvalue weighted by Crippen LogP contribution is 2.20. The molecule has 118 valence electrons. The summed E-state index contributed by atoms with van der Waals surface area (Å²) < 4.78 is 2.03. The number of hydrogen-bond donors (Lipinski definition) is 1. The lowest BCUT2D eigenvalue weighted by atomic mass is 10.1. The predicted molar refractivity (Wildman–Crippen MR) is 93.0 cm³/mol. The van der Waals surface area contributed by atoms with E-state index in [0.29, 0.717) is 0 Å². The van der Waals surface area contributed by atoms with Crippen molar-refractivity contribution in [2.24, 2.45) is 7.05 Å². The van der Waals surface area contributed by atoms with Crippen molar-refractivity contribution in [1.82, 2.24) is 4.57 Å². The van der Waals surface area contributed by atoms with Crippen molar-refractivity contribution in [2.45, 2.75) is 27.7 Å². The van der Waals surface area contributed by atoms with Gasteiger partial charge in [0.05, 0.1) is 0 Å². The van der Waals surface area contributed by atoms with E-state index < -0.39 is 0 Å². The topological polar surface area (TPSA) is 57.8 Å². The number of nitrogens with zero attached hydrogens (tertiary/aromatic N) is 2. The maximum atomic E-state index is 12.4. The SMILES string of the molecule is Cc1cccc(NC(=O)/C(C#N)=C\c2cc(C)n(C)c2C)c1C. The average molecular weight is 307 g/mol. The minimum Gasteiger partial charge on any atom is -0.352 e. The molecule has 23 heavy (non-hydrogen) atoms. The van der Waals surface area contributed by atoms with Crippen LogP contribution in [0.3, 0.4) is 0 Å². The summed E-state index contributed by atoms with van der Waals surface area (Å²) in [5.74, 6) is -0.387. The van der Waals surface area contributed by atoms with E-state index in [9.17, 15) is 10.1 Å². The average Bonchev–Trinajstić information content (AvgIpc) is 2.76. The number of rotatable bonds is 3. The van der Waals surface area contributed by atoms with E-state index in [-0.39, 0.29) is 11.5 Å². The summed E-state index contributed by atoms with van der Waals surface area (Å²) in [4.78, 5) is 12.4. The lowest BCUT2D eigenvalue weighted by Gasteiger charge is -2.09. The van der Waals surface area contributed by atoms with Crippen LogP contribution in [-0.4, -0.2) is 10.5 Å². The zero-order valence-corrected chi connectivity index (χ0v) is 14.2. The second-order valence-electron chi connectivity index (χ2n) is 5.76. The first kappa shape index (κ1) is 16.6. The third kappa shape index (κ3) is 3.35. The molecular weight excluding hydrogens is 286 g/mol. The van der Waals surface area contributed by atoms with E-state index in [1.54, 1.807) is 6.08 Å². The molecule has 0 aliphatic heterocycles. The lowest BCUT2D eigenvalue weighted by Crippen LogP contribution is -2.14. The van der Waals surface area contributed by atoms with E-state index in [4.69, 9.17) is 0 Å². The summed E-state index contributed by atoms with van der Waals surface area (Å²) in [7, 11) is 1.96. The van der Waals surface area contributed by atoms with Crippen LogP contribution in [0, 0.1) is 39.0 Å². The van der Waals surface area contributed by atoms with E-state index in [2.05, 4.69) is 5.32 Å². The number of carbonyl (C=O) groups is 1. The molecule has 4 nitrogen and oxygen atoms in total. The highest BCUT2D eigenvalue weighted by atomic mass is 16.1. The quantitative estimate of drug-likeness (QED) is 0.692. The van der Waals surface area contributed by atoms with Gasteiger partial charge in [-0.1, -0.05) is 12.1 Å². The van der Waals surface area contributed by atoms with Crippen LogP contribution in [0.25, 0.3) is 6.08 Å². The summed E-state index contributed by atoms with van der Waals surface area (Å²) in [6, 6.07) is 9.69. The van der Waals surface area contributed by atoms with E-state index in [0.717, 1.165) is 33.8 Å². The van der Waals surface area contributed by atoms with Gasteiger partial charge in [-0.3, -0.25) is 4.79 Å². The molecule has 0 saturated carbocycles. The molecule has 1 N–H and O–H groups in total. The maximum absolute atomic E-state index is 12.4. The Bertz CT molecular complexity index is 835. The molecule has 0 radical (unpaired) electrons. The highest BCUT2D eigenvalue weighted by molar-refractivity contribution is 6.10. The summed E-state index contributed by atoms with van der Waals surface area (Å²) in [5.41, 5.74) is 5.93. The molecule has 4 heteroatoms. The molecule has 0 fully saturated rings. The van der Waals surface area contributed by atoms with E-state index >= 15 is 0 Å². The Morgan fingerprint density at radius 1 is 1.26 bits per heavy atom. The van der Waals surface area contributed by atoms with Crippen LogP contribution in [0.4, 0.5) is 5.69 Å². The van der Waals surface area contributed by atoms with Crippen LogP contribution in [0.5, 0.6) is 0 Å². The molecule has 1 heterocycles. The fraction of sp³-hybridized carbons (Fsp3) is 0.263. The van der Waals surface area contributed by atoms with E-state index in [1.807, 2.05) is 69.6 Å². The van der Waals surface area contributed by atoms with Crippen molar-refractivity contribution >= 4 is 17.7 Å². The number of amides is 1. The normalized spacial score (nSPS) is 11.2. The molecule has 0 bridgehead atoms. The maximum Gasteiger partial charge on any atom is 0.266 e. The third-order valence-corrected chi connectivity index (χ3v) is 4.33. The van der Waals surface area contributed by atoms with Gasteiger partial charge in [0, 0.05) is 24.1 Å². The molecule has 2 rings (SSSR count). The van der Waals surface area contributed by atoms with Crippen molar-refractivity contribution in [1.29, 1.82) is 5.26 Å². The zero-order chi connectivity index (χ0) is 17.1. The van der Waals surface area contributed by atoms with Crippen LogP contribution in [-0.2, 0) is 11.8 Å². The van der Waals surface area contributed by atoms with Crippen LogP contribution in [0.15, 0.2) is 29.8 Å². The number of benzene rings is 1. The molecule has 0 atom stereocenters. The van der Waals surface area contributed by atoms with Crippen molar-refractivity contribution < 1.29 is 4.79 Å².